The number of carbonyl (C=O) groups is 3. The van der Waals surface area contributed by atoms with E-state index in [-0.39, 0.29) is 49.1 Å². The highest BCUT2D eigenvalue weighted by atomic mass is 19.4. The van der Waals surface area contributed by atoms with Crippen LogP contribution in [0.3, 0.4) is 0 Å². The molecule has 2 saturated heterocycles. The smallest absolute Gasteiger partial charge is 0.372 e. The van der Waals surface area contributed by atoms with Crippen LogP contribution in [0.15, 0.2) is 18.2 Å². The third kappa shape index (κ3) is 5.46. The van der Waals surface area contributed by atoms with Gasteiger partial charge in [-0.3, -0.25) is 9.59 Å². The highest BCUT2D eigenvalue weighted by Crippen LogP contribution is 2.32. The molecule has 3 rings (SSSR count). The van der Waals surface area contributed by atoms with Gasteiger partial charge in [0.2, 0.25) is 5.91 Å². The Labute approximate surface area is 177 Å². The van der Waals surface area contributed by atoms with Crippen molar-refractivity contribution >= 4 is 23.5 Å². The Bertz CT molecular complexity index is 866. The van der Waals surface area contributed by atoms with Gasteiger partial charge in [0.25, 0.3) is 5.91 Å². The molecule has 1 aromatic rings. The minimum Gasteiger partial charge on any atom is -0.372 e. The summed E-state index contributed by atoms with van der Waals surface area (Å²) in [6, 6.07) is 2.45. The van der Waals surface area contributed by atoms with Gasteiger partial charge in [-0.1, -0.05) is 0 Å². The van der Waals surface area contributed by atoms with Crippen LogP contribution in [0.25, 0.3) is 0 Å². The average molecular weight is 442 g/mol. The molecule has 0 saturated carbocycles. The van der Waals surface area contributed by atoms with Gasteiger partial charge < -0.3 is 24.8 Å². The van der Waals surface area contributed by atoms with Gasteiger partial charge in [0.1, 0.15) is 6.54 Å². The van der Waals surface area contributed by atoms with Crippen LogP contribution in [0.2, 0.25) is 0 Å². The molecule has 0 spiro atoms. The molecule has 170 valence electrons. The van der Waals surface area contributed by atoms with Crippen LogP contribution in [-0.2, 0) is 15.7 Å². The number of hydrogen-bond acceptors (Lipinski definition) is 4. The van der Waals surface area contributed by atoms with E-state index >= 15 is 0 Å². The Balaban J connectivity index is 1.81. The van der Waals surface area contributed by atoms with Crippen molar-refractivity contribution < 1.29 is 32.3 Å². The molecule has 2 fully saturated rings. The third-order valence-electron chi connectivity index (χ3n) is 5.13. The van der Waals surface area contributed by atoms with Gasteiger partial charge in [-0.05, 0) is 32.0 Å². The van der Waals surface area contributed by atoms with Gasteiger partial charge >= 0.3 is 12.2 Å². The number of carbonyl (C=O) groups excluding carboxylic acids is 3. The Kier molecular flexibility index (Phi) is 6.44. The van der Waals surface area contributed by atoms with Crippen molar-refractivity contribution in [3.63, 3.8) is 0 Å². The van der Waals surface area contributed by atoms with Crippen LogP contribution in [0.5, 0.6) is 0 Å². The first kappa shape index (κ1) is 22.9. The Morgan fingerprint density at radius 3 is 2.32 bits per heavy atom. The maximum atomic E-state index is 13.4. The van der Waals surface area contributed by atoms with E-state index < -0.39 is 23.6 Å². The van der Waals surface area contributed by atoms with Gasteiger partial charge in [0.15, 0.2) is 0 Å². The van der Waals surface area contributed by atoms with Crippen molar-refractivity contribution in [2.24, 2.45) is 0 Å². The summed E-state index contributed by atoms with van der Waals surface area (Å²) in [6.45, 7) is 4.60. The van der Waals surface area contributed by atoms with E-state index in [2.05, 4.69) is 5.32 Å². The zero-order chi connectivity index (χ0) is 22.9. The van der Waals surface area contributed by atoms with Crippen molar-refractivity contribution in [3.05, 3.63) is 29.3 Å². The first-order valence-electron chi connectivity index (χ1n) is 9.91. The normalized spacial score (nSPS) is 22.1. The molecule has 8 nitrogen and oxygen atoms in total. The van der Waals surface area contributed by atoms with Crippen molar-refractivity contribution in [1.82, 2.24) is 14.7 Å². The van der Waals surface area contributed by atoms with Gasteiger partial charge in [-0.15, -0.1) is 0 Å². The number of hydrogen-bond donors (Lipinski definition) is 1. The number of morpholine rings is 1. The summed E-state index contributed by atoms with van der Waals surface area (Å²) in [5, 5.41) is 2.39. The maximum absolute atomic E-state index is 13.4. The molecular formula is C20H25F3N4O4. The number of alkyl halides is 3. The summed E-state index contributed by atoms with van der Waals surface area (Å²) in [6.07, 6.45) is -5.18. The number of halogens is 3. The molecule has 2 heterocycles. The number of likely N-dealkylation sites (N-methyl/N-ethyl adjacent to an activating group) is 1. The molecule has 2 aliphatic heterocycles. The molecule has 0 unspecified atom stereocenters. The minimum absolute atomic E-state index is 0.155. The van der Waals surface area contributed by atoms with E-state index in [1.54, 1.807) is 20.9 Å². The number of rotatable bonds is 4. The Morgan fingerprint density at radius 1 is 1.13 bits per heavy atom. The minimum atomic E-state index is -4.70. The lowest BCUT2D eigenvalue weighted by Crippen LogP contribution is -2.48. The molecule has 2 atom stereocenters. The summed E-state index contributed by atoms with van der Waals surface area (Å²) in [5.41, 5.74) is -1.37. The molecule has 1 N–H and O–H groups in total. The zero-order valence-electron chi connectivity index (χ0n) is 17.5. The number of amides is 4. The van der Waals surface area contributed by atoms with E-state index in [1.165, 1.54) is 20.8 Å². The summed E-state index contributed by atoms with van der Waals surface area (Å²) in [7, 11) is 1.60. The van der Waals surface area contributed by atoms with E-state index in [4.69, 9.17) is 4.74 Å². The molecule has 0 aromatic heterocycles. The fourth-order valence-electron chi connectivity index (χ4n) is 3.74. The largest absolute Gasteiger partial charge is 0.416 e. The fraction of sp³-hybridized carbons (Fsp3) is 0.550. The van der Waals surface area contributed by atoms with Crippen LogP contribution in [0.4, 0.5) is 23.7 Å². The molecule has 31 heavy (non-hydrogen) atoms. The lowest BCUT2D eigenvalue weighted by molar-refractivity contribution is -0.137. The second kappa shape index (κ2) is 8.74. The quantitative estimate of drug-likeness (QED) is 0.776. The maximum Gasteiger partial charge on any atom is 0.416 e. The second-order valence-electron chi connectivity index (χ2n) is 7.94. The van der Waals surface area contributed by atoms with Crippen molar-refractivity contribution in [2.45, 2.75) is 32.2 Å². The Hall–Kier alpha value is -2.82. The summed E-state index contributed by atoms with van der Waals surface area (Å²) in [4.78, 5) is 41.3. The summed E-state index contributed by atoms with van der Waals surface area (Å²) >= 11 is 0. The molecule has 0 radical (unpaired) electrons. The number of nitrogens with zero attached hydrogens (tertiary/aromatic N) is 3. The Morgan fingerprint density at radius 2 is 1.77 bits per heavy atom. The number of ether oxygens (including phenoxy) is 1. The fourth-order valence-corrected chi connectivity index (χ4v) is 3.74. The zero-order valence-corrected chi connectivity index (χ0v) is 17.5. The van der Waals surface area contributed by atoms with Crippen molar-refractivity contribution in [1.29, 1.82) is 0 Å². The number of anilines is 1. The van der Waals surface area contributed by atoms with E-state index in [0.29, 0.717) is 13.1 Å². The number of benzene rings is 1. The van der Waals surface area contributed by atoms with Crippen LogP contribution in [0.1, 0.15) is 29.8 Å². The summed E-state index contributed by atoms with van der Waals surface area (Å²) < 4.78 is 45.8. The van der Waals surface area contributed by atoms with Gasteiger partial charge in [-0.25, -0.2) is 4.79 Å². The summed E-state index contributed by atoms with van der Waals surface area (Å²) in [5.74, 6) is -1.21. The first-order chi connectivity index (χ1) is 14.4. The number of urea groups is 1. The lowest BCUT2D eigenvalue weighted by Gasteiger charge is -2.35. The lowest BCUT2D eigenvalue weighted by atomic mass is 10.1. The highest BCUT2D eigenvalue weighted by Gasteiger charge is 2.34. The molecule has 0 bridgehead atoms. The molecular weight excluding hydrogens is 417 g/mol. The molecule has 0 aliphatic carbocycles. The SMILES string of the molecule is C[C@@H]1CN(C(=O)c2cc(NC(=O)CN3CCN(C)C3=O)cc(C(F)(F)F)c2)C[C@H](C)O1. The predicted molar refractivity (Wildman–Crippen MR) is 106 cm³/mol. The number of nitrogens with one attached hydrogen (secondary N) is 1. The van der Waals surface area contributed by atoms with E-state index in [9.17, 15) is 27.6 Å². The standard InChI is InChI=1S/C20H25F3N4O4/c1-12-9-27(10-13(2)31-12)18(29)14-6-15(20(21,22)23)8-16(7-14)24-17(28)11-26-5-4-25(3)19(26)30/h6-8,12-13H,4-5,9-11H2,1-3H3,(H,24,28)/t12-,13+. The van der Waals surface area contributed by atoms with E-state index in [1.807, 2.05) is 0 Å². The van der Waals surface area contributed by atoms with Gasteiger partial charge in [0, 0.05) is 44.5 Å². The van der Waals surface area contributed by atoms with Gasteiger partial charge in [-0.2, -0.15) is 13.2 Å². The monoisotopic (exact) mass is 442 g/mol. The molecule has 2 aliphatic rings. The molecule has 4 amide bonds. The average Bonchev–Trinajstić information content (AvgIpc) is 2.97. The topological polar surface area (TPSA) is 82.2 Å². The third-order valence-corrected chi connectivity index (χ3v) is 5.13. The van der Waals surface area contributed by atoms with Crippen molar-refractivity contribution in [3.8, 4) is 0 Å². The highest BCUT2D eigenvalue weighted by molar-refractivity contribution is 5.98. The van der Waals surface area contributed by atoms with Crippen molar-refractivity contribution in [2.75, 3.05) is 45.1 Å². The second-order valence-corrected chi connectivity index (χ2v) is 7.94. The van der Waals surface area contributed by atoms with Crippen LogP contribution in [0, 0.1) is 0 Å². The molecule has 11 heteroatoms. The van der Waals surface area contributed by atoms with Crippen LogP contribution >= 0.6 is 0 Å². The van der Waals surface area contributed by atoms with Gasteiger partial charge in [0.05, 0.1) is 17.8 Å². The predicted octanol–water partition coefficient (Wildman–Crippen LogP) is 2.26. The van der Waals surface area contributed by atoms with Crippen LogP contribution in [-0.4, -0.2) is 84.5 Å². The molecule has 1 aromatic carbocycles. The van der Waals surface area contributed by atoms with E-state index in [0.717, 1.165) is 12.1 Å². The van der Waals surface area contributed by atoms with Crippen LogP contribution < -0.4 is 5.32 Å². The first-order valence-corrected chi connectivity index (χ1v) is 9.91.